The Kier molecular flexibility index (Phi) is 3.53. The van der Waals surface area contributed by atoms with Gasteiger partial charge < -0.3 is 9.64 Å². The summed E-state index contributed by atoms with van der Waals surface area (Å²) in [5, 5.41) is 0. The Bertz CT molecular complexity index is 134. The Morgan fingerprint density at radius 3 is 2.42 bits per heavy atom. The number of hydrogen-bond donors (Lipinski definition) is 0. The molecule has 2 atom stereocenters. The van der Waals surface area contributed by atoms with Gasteiger partial charge in [0.2, 0.25) is 0 Å². The minimum Gasteiger partial charge on any atom is -0.374 e. The fourth-order valence-corrected chi connectivity index (χ4v) is 2.01. The third-order valence-corrected chi connectivity index (χ3v) is 2.53. The van der Waals surface area contributed by atoms with Crippen LogP contribution in [0, 0.1) is 0 Å². The minimum atomic E-state index is 0.371. The lowest BCUT2D eigenvalue weighted by atomic mass is 10.2. The third kappa shape index (κ3) is 2.46. The van der Waals surface area contributed by atoms with E-state index in [9.17, 15) is 0 Å². The molecule has 0 radical (unpaired) electrons. The Morgan fingerprint density at radius 2 is 1.92 bits per heavy atom. The Hall–Kier alpha value is -0.0800. The normalized spacial score (nSPS) is 30.5. The summed E-state index contributed by atoms with van der Waals surface area (Å²) in [6.07, 6.45) is 4.70. The molecule has 0 aliphatic heterocycles. The summed E-state index contributed by atoms with van der Waals surface area (Å²) in [7, 11) is 4.29. The maximum atomic E-state index is 5.84. The van der Waals surface area contributed by atoms with E-state index in [1.165, 1.54) is 19.3 Å². The lowest BCUT2D eigenvalue weighted by molar-refractivity contribution is -0.0215. The van der Waals surface area contributed by atoms with Crippen LogP contribution >= 0.6 is 0 Å². The van der Waals surface area contributed by atoms with Gasteiger partial charge in [0, 0.05) is 6.04 Å². The molecular formula is C10H21NO. The number of rotatable bonds is 3. The van der Waals surface area contributed by atoms with E-state index in [-0.39, 0.29) is 0 Å². The summed E-state index contributed by atoms with van der Waals surface area (Å²) in [5.41, 5.74) is 0. The van der Waals surface area contributed by atoms with Crippen molar-refractivity contribution in [3.8, 4) is 0 Å². The lowest BCUT2D eigenvalue weighted by Gasteiger charge is -2.27. The first-order valence-electron chi connectivity index (χ1n) is 4.93. The first-order chi connectivity index (χ1) is 5.61. The molecule has 1 fully saturated rings. The molecule has 0 aromatic heterocycles. The highest BCUT2D eigenvalue weighted by atomic mass is 16.5. The van der Waals surface area contributed by atoms with Gasteiger partial charge in [-0.1, -0.05) is 0 Å². The van der Waals surface area contributed by atoms with Crippen LogP contribution in [0.1, 0.15) is 33.1 Å². The van der Waals surface area contributed by atoms with Crippen LogP contribution in [0.4, 0.5) is 0 Å². The van der Waals surface area contributed by atoms with E-state index >= 15 is 0 Å². The van der Waals surface area contributed by atoms with E-state index < -0.39 is 0 Å². The first kappa shape index (κ1) is 10.0. The second-order valence-corrected chi connectivity index (χ2v) is 4.19. The van der Waals surface area contributed by atoms with Gasteiger partial charge >= 0.3 is 0 Å². The molecule has 2 unspecified atom stereocenters. The number of likely N-dealkylation sites (N-methyl/N-ethyl adjacent to an activating group) is 1. The van der Waals surface area contributed by atoms with Crippen LogP contribution in [0.2, 0.25) is 0 Å². The van der Waals surface area contributed by atoms with E-state index in [2.05, 4.69) is 32.8 Å². The zero-order valence-corrected chi connectivity index (χ0v) is 8.71. The van der Waals surface area contributed by atoms with Gasteiger partial charge in [-0.05, 0) is 47.2 Å². The van der Waals surface area contributed by atoms with E-state index in [1.54, 1.807) is 0 Å². The maximum Gasteiger partial charge on any atom is 0.0733 e. The summed E-state index contributed by atoms with van der Waals surface area (Å²) in [4.78, 5) is 2.29. The molecule has 0 aromatic carbocycles. The van der Waals surface area contributed by atoms with Gasteiger partial charge in [-0.25, -0.2) is 0 Å². The van der Waals surface area contributed by atoms with Gasteiger partial charge in [-0.2, -0.15) is 0 Å². The minimum absolute atomic E-state index is 0.371. The van der Waals surface area contributed by atoms with Crippen LogP contribution in [0.25, 0.3) is 0 Å². The molecule has 2 heteroatoms. The molecule has 1 aliphatic rings. The second kappa shape index (κ2) is 4.24. The van der Waals surface area contributed by atoms with Gasteiger partial charge in [0.15, 0.2) is 0 Å². The van der Waals surface area contributed by atoms with Crippen LogP contribution in [-0.2, 0) is 4.74 Å². The molecule has 0 bridgehead atoms. The van der Waals surface area contributed by atoms with Crippen molar-refractivity contribution in [2.24, 2.45) is 0 Å². The summed E-state index contributed by atoms with van der Waals surface area (Å²) >= 11 is 0. The molecule has 72 valence electrons. The molecule has 0 heterocycles. The Morgan fingerprint density at radius 1 is 1.25 bits per heavy atom. The topological polar surface area (TPSA) is 12.5 Å². The van der Waals surface area contributed by atoms with Gasteiger partial charge in [0.25, 0.3) is 0 Å². The van der Waals surface area contributed by atoms with Gasteiger partial charge in [-0.15, -0.1) is 0 Å². The fourth-order valence-electron chi connectivity index (χ4n) is 2.01. The van der Waals surface area contributed by atoms with Crippen molar-refractivity contribution < 1.29 is 4.74 Å². The van der Waals surface area contributed by atoms with E-state index in [4.69, 9.17) is 4.74 Å². The predicted octanol–water partition coefficient (Wildman–Crippen LogP) is 1.89. The van der Waals surface area contributed by atoms with Crippen molar-refractivity contribution in [2.45, 2.75) is 51.4 Å². The number of hydrogen-bond acceptors (Lipinski definition) is 2. The summed E-state index contributed by atoms with van der Waals surface area (Å²) < 4.78 is 5.84. The van der Waals surface area contributed by atoms with Crippen molar-refractivity contribution in [3.05, 3.63) is 0 Å². The van der Waals surface area contributed by atoms with E-state index in [1.807, 2.05) is 0 Å². The molecule has 0 spiro atoms. The SMILES string of the molecule is CC(C)OC1CCCC1N(C)C. The molecular weight excluding hydrogens is 150 g/mol. The zero-order valence-electron chi connectivity index (χ0n) is 8.71. The highest BCUT2D eigenvalue weighted by Crippen LogP contribution is 2.26. The second-order valence-electron chi connectivity index (χ2n) is 4.19. The Labute approximate surface area is 75.9 Å². The molecule has 0 saturated heterocycles. The van der Waals surface area contributed by atoms with Crippen LogP contribution in [0.5, 0.6) is 0 Å². The van der Waals surface area contributed by atoms with Crippen molar-refractivity contribution in [1.29, 1.82) is 0 Å². The smallest absolute Gasteiger partial charge is 0.0733 e. The molecule has 1 aliphatic carbocycles. The van der Waals surface area contributed by atoms with Crippen LogP contribution < -0.4 is 0 Å². The monoisotopic (exact) mass is 171 g/mol. The summed E-state index contributed by atoms with van der Waals surface area (Å²) in [5.74, 6) is 0. The summed E-state index contributed by atoms with van der Waals surface area (Å²) in [6.45, 7) is 4.23. The standard InChI is InChI=1S/C10H21NO/c1-8(2)12-10-7-5-6-9(10)11(3)4/h8-10H,5-7H2,1-4H3. The molecule has 0 N–H and O–H groups in total. The largest absolute Gasteiger partial charge is 0.374 e. The number of nitrogens with zero attached hydrogens (tertiary/aromatic N) is 1. The molecule has 0 amide bonds. The number of ether oxygens (including phenoxy) is 1. The third-order valence-electron chi connectivity index (χ3n) is 2.53. The average Bonchev–Trinajstić information content (AvgIpc) is 2.33. The predicted molar refractivity (Wildman–Crippen MR) is 51.3 cm³/mol. The molecule has 1 rings (SSSR count). The highest BCUT2D eigenvalue weighted by molar-refractivity contribution is 4.84. The average molecular weight is 171 g/mol. The van der Waals surface area contributed by atoms with Gasteiger partial charge in [0.1, 0.15) is 0 Å². The first-order valence-corrected chi connectivity index (χ1v) is 4.93. The molecule has 1 saturated carbocycles. The molecule has 2 nitrogen and oxygen atoms in total. The van der Waals surface area contributed by atoms with E-state index in [0.29, 0.717) is 18.2 Å². The molecule has 0 aromatic rings. The van der Waals surface area contributed by atoms with Crippen LogP contribution in [0.15, 0.2) is 0 Å². The van der Waals surface area contributed by atoms with Crippen LogP contribution in [0.3, 0.4) is 0 Å². The van der Waals surface area contributed by atoms with Gasteiger partial charge in [-0.3, -0.25) is 0 Å². The lowest BCUT2D eigenvalue weighted by Crippen LogP contribution is -2.37. The Balaban J connectivity index is 2.41. The van der Waals surface area contributed by atoms with Crippen molar-refractivity contribution in [3.63, 3.8) is 0 Å². The maximum absolute atomic E-state index is 5.84. The van der Waals surface area contributed by atoms with E-state index in [0.717, 1.165) is 0 Å². The highest BCUT2D eigenvalue weighted by Gasteiger charge is 2.29. The fraction of sp³-hybridized carbons (Fsp3) is 1.00. The zero-order chi connectivity index (χ0) is 9.14. The summed E-state index contributed by atoms with van der Waals surface area (Å²) in [6, 6.07) is 0.646. The van der Waals surface area contributed by atoms with Crippen LogP contribution in [-0.4, -0.2) is 37.2 Å². The van der Waals surface area contributed by atoms with Crippen molar-refractivity contribution in [2.75, 3.05) is 14.1 Å². The van der Waals surface area contributed by atoms with Crippen molar-refractivity contribution in [1.82, 2.24) is 4.90 Å². The van der Waals surface area contributed by atoms with Gasteiger partial charge in [0.05, 0.1) is 12.2 Å². The quantitative estimate of drug-likeness (QED) is 0.643. The molecule has 12 heavy (non-hydrogen) atoms. The van der Waals surface area contributed by atoms with Crippen molar-refractivity contribution >= 4 is 0 Å².